The van der Waals surface area contributed by atoms with Crippen LogP contribution in [0.5, 0.6) is 0 Å². The maximum atomic E-state index is 11.5. The van der Waals surface area contributed by atoms with E-state index >= 15 is 0 Å². The Balaban J connectivity index is 2.40. The van der Waals surface area contributed by atoms with Gasteiger partial charge in [-0.15, -0.1) is 0 Å². The number of carbonyl (C=O) groups is 2. The molecule has 0 aromatic carbocycles. The zero-order valence-electron chi connectivity index (χ0n) is 9.69. The maximum Gasteiger partial charge on any atom is 0.312 e. The number of hydrogen-bond donors (Lipinski definition) is 3. The van der Waals surface area contributed by atoms with Crippen molar-refractivity contribution in [2.75, 3.05) is 26.2 Å². The number of rotatable bonds is 3. The number of aliphatic hydroxyl groups is 1. The van der Waals surface area contributed by atoms with Gasteiger partial charge in [-0.1, -0.05) is 13.8 Å². The molecule has 1 heterocycles. The number of nitrogens with one attached hydrogen (secondary N) is 1. The highest BCUT2D eigenvalue weighted by Gasteiger charge is 2.47. The van der Waals surface area contributed by atoms with Crippen LogP contribution in [0.3, 0.4) is 0 Å². The molecule has 0 saturated carbocycles. The lowest BCUT2D eigenvalue weighted by Crippen LogP contribution is -2.67. The molecule has 1 fully saturated rings. The zero-order chi connectivity index (χ0) is 12.3. The molecule has 0 unspecified atom stereocenters. The minimum atomic E-state index is -0.843. The van der Waals surface area contributed by atoms with Crippen LogP contribution in [0.25, 0.3) is 0 Å². The Kier molecular flexibility index (Phi) is 3.88. The van der Waals surface area contributed by atoms with Gasteiger partial charge in [0.05, 0.1) is 13.1 Å². The number of nitrogens with zero attached hydrogens (tertiary/aromatic N) is 1. The van der Waals surface area contributed by atoms with Crippen LogP contribution >= 0.6 is 0 Å². The second kappa shape index (κ2) is 4.80. The summed E-state index contributed by atoms with van der Waals surface area (Å²) in [5, 5.41) is 12.3. The van der Waals surface area contributed by atoms with E-state index in [1.807, 2.05) is 13.8 Å². The van der Waals surface area contributed by atoms with Crippen molar-refractivity contribution in [1.82, 2.24) is 10.2 Å². The largest absolute Gasteiger partial charge is 0.386 e. The molecular weight excluding hydrogens is 210 g/mol. The van der Waals surface area contributed by atoms with Crippen LogP contribution in [0.2, 0.25) is 0 Å². The Hall–Kier alpha value is -1.14. The van der Waals surface area contributed by atoms with Crippen molar-refractivity contribution in [2.24, 2.45) is 11.7 Å². The first-order valence-electron chi connectivity index (χ1n) is 5.40. The van der Waals surface area contributed by atoms with Gasteiger partial charge >= 0.3 is 11.8 Å². The molecule has 2 amide bonds. The van der Waals surface area contributed by atoms with Crippen LogP contribution in [-0.2, 0) is 9.59 Å². The smallest absolute Gasteiger partial charge is 0.312 e. The number of β-amino-alcohol motifs (C(OH)–C–C–N with tert-alkyl or cyclic N) is 1. The summed E-state index contributed by atoms with van der Waals surface area (Å²) < 4.78 is 0. The second-order valence-corrected chi connectivity index (χ2v) is 4.46. The van der Waals surface area contributed by atoms with Gasteiger partial charge < -0.3 is 21.1 Å². The summed E-state index contributed by atoms with van der Waals surface area (Å²) in [7, 11) is 0. The predicted molar refractivity (Wildman–Crippen MR) is 58.4 cm³/mol. The highest BCUT2D eigenvalue weighted by Crippen LogP contribution is 2.28. The van der Waals surface area contributed by atoms with E-state index in [9.17, 15) is 14.7 Å². The summed E-state index contributed by atoms with van der Waals surface area (Å²) in [6.45, 7) is 4.80. The fourth-order valence-electron chi connectivity index (χ4n) is 1.53. The Bertz CT molecular complexity index is 285. The van der Waals surface area contributed by atoms with Gasteiger partial charge in [-0.05, 0) is 5.92 Å². The van der Waals surface area contributed by atoms with Crippen LogP contribution in [0.1, 0.15) is 13.8 Å². The van der Waals surface area contributed by atoms with Gasteiger partial charge in [0.2, 0.25) is 0 Å². The molecule has 1 aliphatic heterocycles. The molecule has 6 nitrogen and oxygen atoms in total. The summed E-state index contributed by atoms with van der Waals surface area (Å²) in [4.78, 5) is 24.1. The molecule has 6 heteroatoms. The van der Waals surface area contributed by atoms with Gasteiger partial charge in [-0.2, -0.15) is 0 Å². The Labute approximate surface area is 94.8 Å². The number of nitrogens with two attached hydrogens (primary N) is 1. The van der Waals surface area contributed by atoms with Crippen LogP contribution in [0, 0.1) is 5.92 Å². The third-order valence-electron chi connectivity index (χ3n) is 2.92. The van der Waals surface area contributed by atoms with Crippen LogP contribution in [0.15, 0.2) is 0 Å². The molecule has 16 heavy (non-hydrogen) atoms. The van der Waals surface area contributed by atoms with Gasteiger partial charge in [0.1, 0.15) is 5.60 Å². The molecule has 1 rings (SSSR count). The van der Waals surface area contributed by atoms with Crippen molar-refractivity contribution in [3.63, 3.8) is 0 Å². The molecule has 0 bridgehead atoms. The minimum Gasteiger partial charge on any atom is -0.386 e. The SMILES string of the molecule is CC(C)C1(O)CN(C(=O)C(=O)NCCN)C1. The summed E-state index contributed by atoms with van der Waals surface area (Å²) in [6.07, 6.45) is 0. The molecule has 4 N–H and O–H groups in total. The quantitative estimate of drug-likeness (QED) is 0.502. The van der Waals surface area contributed by atoms with Gasteiger partial charge in [-0.3, -0.25) is 9.59 Å². The highest BCUT2D eigenvalue weighted by atomic mass is 16.3. The van der Waals surface area contributed by atoms with E-state index in [-0.39, 0.29) is 25.6 Å². The highest BCUT2D eigenvalue weighted by molar-refractivity contribution is 6.35. The normalized spacial score (nSPS) is 18.2. The number of amides is 2. The minimum absolute atomic E-state index is 0.0728. The fraction of sp³-hybridized carbons (Fsp3) is 0.800. The maximum absolute atomic E-state index is 11.5. The van der Waals surface area contributed by atoms with Gasteiger partial charge in [0.15, 0.2) is 0 Å². The van der Waals surface area contributed by atoms with Crippen molar-refractivity contribution in [3.8, 4) is 0 Å². The molecule has 0 aromatic heterocycles. The summed E-state index contributed by atoms with van der Waals surface area (Å²) in [5.41, 5.74) is 4.36. The van der Waals surface area contributed by atoms with Crippen molar-refractivity contribution in [1.29, 1.82) is 0 Å². The van der Waals surface area contributed by atoms with Crippen molar-refractivity contribution in [3.05, 3.63) is 0 Å². The molecule has 1 saturated heterocycles. The van der Waals surface area contributed by atoms with Gasteiger partial charge in [-0.25, -0.2) is 0 Å². The van der Waals surface area contributed by atoms with Crippen LogP contribution in [0.4, 0.5) is 0 Å². The summed E-state index contributed by atoms with van der Waals surface area (Å²) in [5.74, 6) is -1.18. The first-order valence-corrected chi connectivity index (χ1v) is 5.40. The topological polar surface area (TPSA) is 95.7 Å². The van der Waals surface area contributed by atoms with E-state index in [0.717, 1.165) is 0 Å². The Morgan fingerprint density at radius 2 is 2.06 bits per heavy atom. The number of hydrogen-bond acceptors (Lipinski definition) is 4. The molecule has 1 aliphatic rings. The number of likely N-dealkylation sites (tertiary alicyclic amines) is 1. The standard InChI is InChI=1S/C10H19N3O3/c1-7(2)10(16)5-13(6-10)9(15)8(14)12-4-3-11/h7,16H,3-6,11H2,1-2H3,(H,12,14). The van der Waals surface area contributed by atoms with E-state index in [1.54, 1.807) is 0 Å². The summed E-state index contributed by atoms with van der Waals surface area (Å²) in [6, 6.07) is 0. The van der Waals surface area contributed by atoms with Crippen LogP contribution < -0.4 is 11.1 Å². The van der Waals surface area contributed by atoms with E-state index in [0.29, 0.717) is 6.54 Å². The zero-order valence-corrected chi connectivity index (χ0v) is 9.69. The van der Waals surface area contributed by atoms with E-state index in [4.69, 9.17) is 5.73 Å². The Morgan fingerprint density at radius 1 is 1.50 bits per heavy atom. The monoisotopic (exact) mass is 229 g/mol. The van der Waals surface area contributed by atoms with E-state index < -0.39 is 17.4 Å². The average molecular weight is 229 g/mol. The van der Waals surface area contributed by atoms with Crippen molar-refractivity contribution < 1.29 is 14.7 Å². The number of carbonyl (C=O) groups excluding carboxylic acids is 2. The summed E-state index contributed by atoms with van der Waals surface area (Å²) >= 11 is 0. The lowest BCUT2D eigenvalue weighted by Gasteiger charge is -2.48. The molecule has 0 aliphatic carbocycles. The first kappa shape index (κ1) is 12.9. The van der Waals surface area contributed by atoms with E-state index in [1.165, 1.54) is 4.90 Å². The Morgan fingerprint density at radius 3 is 2.50 bits per heavy atom. The molecule has 92 valence electrons. The molecule has 0 radical (unpaired) electrons. The predicted octanol–water partition coefficient (Wildman–Crippen LogP) is -1.71. The molecular formula is C10H19N3O3. The lowest BCUT2D eigenvalue weighted by molar-refractivity contribution is -0.168. The third kappa shape index (κ3) is 2.51. The van der Waals surface area contributed by atoms with Crippen molar-refractivity contribution >= 4 is 11.8 Å². The molecule has 0 aromatic rings. The lowest BCUT2D eigenvalue weighted by atomic mass is 9.83. The molecule has 0 atom stereocenters. The average Bonchev–Trinajstić information content (AvgIpc) is 2.19. The van der Waals surface area contributed by atoms with Gasteiger partial charge in [0, 0.05) is 13.1 Å². The van der Waals surface area contributed by atoms with Crippen molar-refractivity contribution in [2.45, 2.75) is 19.4 Å². The first-order chi connectivity index (χ1) is 7.40. The third-order valence-corrected chi connectivity index (χ3v) is 2.92. The van der Waals surface area contributed by atoms with Crippen LogP contribution in [-0.4, -0.2) is 53.6 Å². The fourth-order valence-corrected chi connectivity index (χ4v) is 1.53. The van der Waals surface area contributed by atoms with E-state index in [2.05, 4.69) is 5.32 Å². The van der Waals surface area contributed by atoms with Gasteiger partial charge in [0.25, 0.3) is 0 Å². The molecule has 0 spiro atoms. The second-order valence-electron chi connectivity index (χ2n) is 4.46.